The van der Waals surface area contributed by atoms with Gasteiger partial charge in [0.15, 0.2) is 34.7 Å². The molecule has 6 aromatic rings. The topological polar surface area (TPSA) is 253 Å². The van der Waals surface area contributed by atoms with E-state index in [2.05, 4.69) is 20.8 Å². The fourth-order valence-electron chi connectivity index (χ4n) is 8.50. The standard InChI is InChI=1S/C21H24O4.C15H22O2.C13H16O2.C12H16O4.C10H12O2/c1-20(2,24)18(22)16-9-5-14(6-10-16)13-15-7-11-17(12-8-15)19(23)21(3,4)25;1-6-14(2,3)12-9-7-11(8-10-12)13(16)15(4,5)17;14-12(11-7-3-1-4-8-11)13(15)9-5-2-6-10-13;1-12(2,15)11(14)9-3-5-10(6-4-9)16-8-7-13;1-10(2,12)9(11)8-6-4-3-5-7-8/h5-12,24-25H,13H2,1-4H3;7-10,17H,6H2,1-5H3;1,3-4,7-8,15H,2,5-6,9-10H2;3-6,13,15H,7-8H2,1-2H3;3-7,12H,1-2H3. The highest BCUT2D eigenvalue weighted by molar-refractivity contribution is 6.04. The Morgan fingerprint density at radius 1 is 0.412 bits per heavy atom. The first kappa shape index (κ1) is 72.1. The van der Waals surface area contributed by atoms with E-state index in [9.17, 15) is 59.4 Å². The molecule has 0 radical (unpaired) electrons. The van der Waals surface area contributed by atoms with Crippen molar-refractivity contribution in [2.75, 3.05) is 13.2 Å². The Morgan fingerprint density at radius 2 is 0.706 bits per heavy atom. The lowest BCUT2D eigenvalue weighted by Crippen LogP contribution is -2.40. The molecule has 0 aliphatic heterocycles. The molecule has 1 aliphatic rings. The summed E-state index contributed by atoms with van der Waals surface area (Å²) in [7, 11) is 0. The Balaban J connectivity index is 0.000000285. The van der Waals surface area contributed by atoms with Gasteiger partial charge in [0, 0.05) is 33.4 Å². The summed E-state index contributed by atoms with van der Waals surface area (Å²) in [4.78, 5) is 71.0. The lowest BCUT2D eigenvalue weighted by Gasteiger charge is -2.30. The van der Waals surface area contributed by atoms with Gasteiger partial charge in [-0.15, -0.1) is 0 Å². The summed E-state index contributed by atoms with van der Waals surface area (Å²) in [6, 6.07) is 46.1. The van der Waals surface area contributed by atoms with Crippen LogP contribution in [-0.2, 0) is 11.8 Å². The van der Waals surface area contributed by atoms with E-state index in [1.807, 2.05) is 60.7 Å². The molecule has 0 bridgehead atoms. The van der Waals surface area contributed by atoms with Crippen molar-refractivity contribution in [3.05, 3.63) is 208 Å². The van der Waals surface area contributed by atoms with Gasteiger partial charge in [-0.3, -0.25) is 28.8 Å². The van der Waals surface area contributed by atoms with Crippen LogP contribution in [0, 0.1) is 0 Å². The van der Waals surface area contributed by atoms with E-state index < -0.39 is 33.6 Å². The third kappa shape index (κ3) is 23.3. The van der Waals surface area contributed by atoms with Crippen molar-refractivity contribution in [2.45, 2.75) is 174 Å². The molecule has 0 saturated heterocycles. The van der Waals surface area contributed by atoms with Crippen LogP contribution in [0.2, 0.25) is 0 Å². The quantitative estimate of drug-likeness (QED) is 0.0373. The molecule has 14 heteroatoms. The van der Waals surface area contributed by atoms with Crippen molar-refractivity contribution in [2.24, 2.45) is 0 Å². The molecule has 0 amide bonds. The number of hydrogen-bond acceptors (Lipinski definition) is 14. The SMILES string of the molecule is CC(C)(O)C(=O)c1ccc(Cc2ccc(C(=O)C(C)(C)O)cc2)cc1.CC(C)(O)C(=O)c1ccc(OCCO)cc1.CC(C)(O)C(=O)c1ccccc1.CCC(C)(C)c1ccc(C(=O)C(C)(C)O)cc1.O=C(c1ccccc1)C1(O)CCCCC1. The molecule has 85 heavy (non-hydrogen) atoms. The minimum atomic E-state index is -1.38. The summed E-state index contributed by atoms with van der Waals surface area (Å²) in [5, 5.41) is 67.0. The zero-order valence-electron chi connectivity index (χ0n) is 51.9. The van der Waals surface area contributed by atoms with Crippen LogP contribution in [0.5, 0.6) is 5.75 Å². The number of aliphatic hydroxyl groups is 7. The van der Waals surface area contributed by atoms with Crippen molar-refractivity contribution in [1.82, 2.24) is 0 Å². The first-order valence-corrected chi connectivity index (χ1v) is 28.7. The van der Waals surface area contributed by atoms with Gasteiger partial charge in [0.1, 0.15) is 46.0 Å². The predicted octanol–water partition coefficient (Wildman–Crippen LogP) is 11.7. The normalized spacial score (nSPS) is 13.3. The second kappa shape index (κ2) is 31.3. The van der Waals surface area contributed by atoms with E-state index >= 15 is 0 Å². The fourth-order valence-corrected chi connectivity index (χ4v) is 8.50. The maximum atomic E-state index is 12.1. The molecule has 0 heterocycles. The molecule has 0 unspecified atom stereocenters. The van der Waals surface area contributed by atoms with Crippen molar-refractivity contribution >= 4 is 34.7 Å². The number of aliphatic hydroxyl groups excluding tert-OH is 1. The van der Waals surface area contributed by atoms with Gasteiger partial charge >= 0.3 is 0 Å². The van der Waals surface area contributed by atoms with Gasteiger partial charge in [0.25, 0.3) is 0 Å². The molecule has 7 rings (SSSR count). The average Bonchev–Trinajstić information content (AvgIpc) is 3.46. The van der Waals surface area contributed by atoms with Gasteiger partial charge in [-0.05, 0) is 141 Å². The predicted molar refractivity (Wildman–Crippen MR) is 333 cm³/mol. The van der Waals surface area contributed by atoms with Crippen LogP contribution in [0.25, 0.3) is 0 Å². The zero-order chi connectivity index (χ0) is 64.2. The number of Topliss-reactive ketones (excluding diaryl/α,β-unsaturated/α-hetero) is 6. The number of carbonyl (C=O) groups is 6. The molecule has 458 valence electrons. The van der Waals surface area contributed by atoms with Crippen LogP contribution in [0.4, 0.5) is 0 Å². The molecule has 6 aromatic carbocycles. The van der Waals surface area contributed by atoms with Crippen LogP contribution in [-0.4, -0.2) is 117 Å². The number of ketones is 6. The van der Waals surface area contributed by atoms with Crippen LogP contribution < -0.4 is 4.74 Å². The van der Waals surface area contributed by atoms with Gasteiger partial charge in [0.05, 0.1) is 6.61 Å². The Labute approximate surface area is 502 Å². The highest BCUT2D eigenvalue weighted by Crippen LogP contribution is 2.31. The van der Waals surface area contributed by atoms with E-state index in [0.717, 1.165) is 36.8 Å². The van der Waals surface area contributed by atoms with Gasteiger partial charge in [-0.1, -0.05) is 173 Å². The molecule has 0 aromatic heterocycles. The number of carbonyl (C=O) groups excluding carboxylic acids is 6. The summed E-state index contributed by atoms with van der Waals surface area (Å²) < 4.78 is 5.15. The molecular weight excluding hydrogens is 1080 g/mol. The van der Waals surface area contributed by atoms with E-state index in [1.54, 1.807) is 97.1 Å². The van der Waals surface area contributed by atoms with E-state index in [0.29, 0.717) is 58.4 Å². The largest absolute Gasteiger partial charge is 0.491 e. The van der Waals surface area contributed by atoms with Gasteiger partial charge in [-0.2, -0.15) is 0 Å². The minimum absolute atomic E-state index is 0.0512. The van der Waals surface area contributed by atoms with Crippen LogP contribution >= 0.6 is 0 Å². The summed E-state index contributed by atoms with van der Waals surface area (Å²) in [6.07, 6.45) is 5.97. The summed E-state index contributed by atoms with van der Waals surface area (Å²) in [5.41, 5.74) is -1.31. The number of rotatable bonds is 19. The third-order valence-electron chi connectivity index (χ3n) is 14.1. The molecule has 0 atom stereocenters. The maximum absolute atomic E-state index is 12.1. The van der Waals surface area contributed by atoms with E-state index in [-0.39, 0.29) is 53.3 Å². The summed E-state index contributed by atoms with van der Waals surface area (Å²) in [5.74, 6) is -0.964. The molecule has 14 nitrogen and oxygen atoms in total. The highest BCUT2D eigenvalue weighted by atomic mass is 16.5. The third-order valence-corrected chi connectivity index (χ3v) is 14.1. The van der Waals surface area contributed by atoms with Crippen molar-refractivity contribution < 1.29 is 69.2 Å². The van der Waals surface area contributed by atoms with Crippen LogP contribution in [0.15, 0.2) is 158 Å². The van der Waals surface area contributed by atoms with Crippen molar-refractivity contribution in [1.29, 1.82) is 0 Å². The maximum Gasteiger partial charge on any atom is 0.194 e. The minimum Gasteiger partial charge on any atom is -0.491 e. The van der Waals surface area contributed by atoms with Gasteiger partial charge < -0.3 is 40.5 Å². The zero-order valence-corrected chi connectivity index (χ0v) is 51.9. The monoisotopic (exact) mass is 1170 g/mol. The molecule has 7 N–H and O–H groups in total. The van der Waals surface area contributed by atoms with Gasteiger partial charge in [-0.25, -0.2) is 0 Å². The average molecular weight is 1170 g/mol. The molecule has 1 fully saturated rings. The van der Waals surface area contributed by atoms with Crippen LogP contribution in [0.1, 0.15) is 207 Å². The highest BCUT2D eigenvalue weighted by Gasteiger charge is 2.37. The lowest BCUT2D eigenvalue weighted by atomic mass is 9.79. The number of benzene rings is 6. The number of hydrogen-bond donors (Lipinski definition) is 7. The Bertz CT molecular complexity index is 3000. The second-order valence-electron chi connectivity index (χ2n) is 24.6. The molecule has 1 aliphatic carbocycles. The summed E-state index contributed by atoms with van der Waals surface area (Å²) in [6.45, 7) is 21.5. The Morgan fingerprint density at radius 3 is 1.01 bits per heavy atom. The lowest BCUT2D eigenvalue weighted by molar-refractivity contribution is 0.0116. The van der Waals surface area contributed by atoms with Crippen molar-refractivity contribution in [3.8, 4) is 5.75 Å². The summed E-state index contributed by atoms with van der Waals surface area (Å²) >= 11 is 0. The van der Waals surface area contributed by atoms with Crippen LogP contribution in [0.3, 0.4) is 0 Å². The second-order valence-corrected chi connectivity index (χ2v) is 24.6. The van der Waals surface area contributed by atoms with E-state index in [1.165, 1.54) is 74.8 Å². The Hall–Kier alpha value is -7.14. The van der Waals surface area contributed by atoms with E-state index in [4.69, 9.17) is 9.84 Å². The fraction of sp³-hybridized carbons (Fsp3) is 0.408. The van der Waals surface area contributed by atoms with Gasteiger partial charge in [0.2, 0.25) is 0 Å². The van der Waals surface area contributed by atoms with Crippen molar-refractivity contribution in [3.63, 3.8) is 0 Å². The molecule has 1 saturated carbocycles. The molecule has 0 spiro atoms. The Kier molecular flexibility index (Phi) is 26.6. The molecular formula is C71H90O14. The first-order valence-electron chi connectivity index (χ1n) is 28.7. The first-order chi connectivity index (χ1) is 39.3. The number of ether oxygens (including phenoxy) is 1. The smallest absolute Gasteiger partial charge is 0.194 e.